The summed E-state index contributed by atoms with van der Waals surface area (Å²) < 4.78 is 14.3. The van der Waals surface area contributed by atoms with Crippen molar-refractivity contribution < 1.29 is 14.0 Å². The molecule has 0 saturated heterocycles. The highest BCUT2D eigenvalue weighted by molar-refractivity contribution is 5.85. The van der Waals surface area contributed by atoms with Crippen LogP contribution in [0.3, 0.4) is 0 Å². The number of amides is 2. The zero-order valence-electron chi connectivity index (χ0n) is 12.5. The normalized spacial score (nSPS) is 12.3. The van der Waals surface area contributed by atoms with Crippen molar-refractivity contribution in [2.45, 2.75) is 52.4 Å². The molecule has 0 saturated carbocycles. The Bertz CT molecular complexity index is 497. The van der Waals surface area contributed by atoms with Crippen LogP contribution >= 0.6 is 0 Å². The minimum absolute atomic E-state index is 0.0723. The summed E-state index contributed by atoms with van der Waals surface area (Å²) in [4.78, 5) is 21.4. The zero-order chi connectivity index (χ0) is 15.3. The van der Waals surface area contributed by atoms with E-state index < -0.39 is 0 Å². The van der Waals surface area contributed by atoms with E-state index in [1.54, 1.807) is 6.92 Å². The Morgan fingerprint density at radius 1 is 1.30 bits per heavy atom. The number of carbonyl (C=O) groups is 2. The Hall–Kier alpha value is -1.71. The van der Waals surface area contributed by atoms with Crippen molar-refractivity contribution in [2.75, 3.05) is 0 Å². The first-order valence-electron chi connectivity index (χ1n) is 6.90. The van der Waals surface area contributed by atoms with Gasteiger partial charge in [-0.1, -0.05) is 32.9 Å². The van der Waals surface area contributed by atoms with E-state index in [9.17, 15) is 14.0 Å². The summed E-state index contributed by atoms with van der Waals surface area (Å²) in [5.74, 6) is -0.231. The van der Waals surface area contributed by atoms with Crippen LogP contribution in [-0.4, -0.2) is 12.3 Å². The third-order valence-corrected chi connectivity index (χ3v) is 3.64. The average Bonchev–Trinajstić information content (AvgIpc) is 2.39. The minimum atomic E-state index is -0.302. The molecule has 2 amide bonds. The van der Waals surface area contributed by atoms with Gasteiger partial charge in [0.25, 0.3) is 0 Å². The Kier molecular flexibility index (Phi) is 5.86. The molecule has 110 valence electrons. The summed E-state index contributed by atoms with van der Waals surface area (Å²) in [7, 11) is 0. The van der Waals surface area contributed by atoms with Gasteiger partial charge in [-0.2, -0.15) is 0 Å². The van der Waals surface area contributed by atoms with E-state index in [-0.39, 0.29) is 30.0 Å². The Labute approximate surface area is 119 Å². The average molecular weight is 279 g/mol. The molecule has 0 aliphatic rings. The number of nitrogens with one attached hydrogen (secondary N) is 1. The molecule has 1 aromatic carbocycles. The van der Waals surface area contributed by atoms with E-state index in [1.165, 1.54) is 0 Å². The fraction of sp³-hybridized carbons (Fsp3) is 0.500. The van der Waals surface area contributed by atoms with Crippen molar-refractivity contribution in [2.24, 2.45) is 0 Å². The second-order valence-electron chi connectivity index (χ2n) is 5.46. The summed E-state index contributed by atoms with van der Waals surface area (Å²) in [5, 5.41) is 2.11. The molecule has 0 fully saturated rings. The number of halogens is 1. The number of carbonyl (C=O) groups excluding carboxylic acids is 2. The Morgan fingerprint density at radius 3 is 2.45 bits per heavy atom. The van der Waals surface area contributed by atoms with Crippen LogP contribution in [0.2, 0.25) is 0 Å². The number of imide groups is 1. The van der Waals surface area contributed by atoms with E-state index in [0.29, 0.717) is 18.4 Å². The van der Waals surface area contributed by atoms with Gasteiger partial charge in [-0.05, 0) is 41.9 Å². The van der Waals surface area contributed by atoms with Crippen molar-refractivity contribution in [3.05, 3.63) is 34.6 Å². The fourth-order valence-electron chi connectivity index (χ4n) is 2.34. The van der Waals surface area contributed by atoms with Gasteiger partial charge in [-0.15, -0.1) is 0 Å². The molecule has 0 bridgehead atoms. The summed E-state index contributed by atoms with van der Waals surface area (Å²) >= 11 is 0. The van der Waals surface area contributed by atoms with Gasteiger partial charge in [0.2, 0.25) is 12.3 Å². The fourth-order valence-corrected chi connectivity index (χ4v) is 2.34. The van der Waals surface area contributed by atoms with E-state index >= 15 is 0 Å². The van der Waals surface area contributed by atoms with Gasteiger partial charge in [0, 0.05) is 6.42 Å². The zero-order valence-corrected chi connectivity index (χ0v) is 12.5. The molecule has 0 aromatic heterocycles. The van der Waals surface area contributed by atoms with Gasteiger partial charge in [0.15, 0.2) is 0 Å². The third-order valence-electron chi connectivity index (χ3n) is 3.64. The first-order chi connectivity index (χ1) is 9.38. The molecule has 1 rings (SSSR count). The van der Waals surface area contributed by atoms with Crippen molar-refractivity contribution in [1.82, 2.24) is 5.32 Å². The van der Waals surface area contributed by atoms with Crippen LogP contribution in [0.5, 0.6) is 0 Å². The molecule has 0 aliphatic heterocycles. The number of rotatable bonds is 6. The van der Waals surface area contributed by atoms with E-state index in [1.807, 2.05) is 32.9 Å². The van der Waals surface area contributed by atoms with Crippen LogP contribution in [0.1, 0.15) is 62.1 Å². The quantitative estimate of drug-likeness (QED) is 0.811. The molecule has 0 radical (unpaired) electrons. The largest absolute Gasteiger partial charge is 0.299 e. The van der Waals surface area contributed by atoms with Gasteiger partial charge in [-0.25, -0.2) is 4.39 Å². The van der Waals surface area contributed by atoms with E-state index in [4.69, 9.17) is 0 Å². The lowest BCUT2D eigenvalue weighted by molar-refractivity contribution is -0.125. The van der Waals surface area contributed by atoms with Crippen LogP contribution < -0.4 is 5.32 Å². The Morgan fingerprint density at radius 2 is 1.90 bits per heavy atom. The molecule has 0 aliphatic carbocycles. The maximum absolute atomic E-state index is 14.3. The highest BCUT2D eigenvalue weighted by atomic mass is 19.1. The topological polar surface area (TPSA) is 46.2 Å². The van der Waals surface area contributed by atoms with Crippen molar-refractivity contribution in [3.8, 4) is 0 Å². The molecule has 1 aromatic rings. The highest BCUT2D eigenvalue weighted by Crippen LogP contribution is 2.29. The maximum atomic E-state index is 14.3. The first kappa shape index (κ1) is 16.3. The van der Waals surface area contributed by atoms with Crippen molar-refractivity contribution >= 4 is 12.3 Å². The van der Waals surface area contributed by atoms with Crippen LogP contribution in [0.15, 0.2) is 12.1 Å². The molecule has 3 nitrogen and oxygen atoms in total. The lowest BCUT2D eigenvalue weighted by Crippen LogP contribution is -2.21. The molecule has 1 atom stereocenters. The van der Waals surface area contributed by atoms with E-state index in [2.05, 4.69) is 5.32 Å². The van der Waals surface area contributed by atoms with Crippen LogP contribution in [-0.2, 0) is 9.59 Å². The Balaban J connectivity index is 2.84. The van der Waals surface area contributed by atoms with Gasteiger partial charge in [-0.3, -0.25) is 14.9 Å². The number of hydrogen-bond acceptors (Lipinski definition) is 2. The predicted molar refractivity (Wildman–Crippen MR) is 77.1 cm³/mol. The van der Waals surface area contributed by atoms with Gasteiger partial charge in [0.1, 0.15) is 5.82 Å². The molecule has 0 spiro atoms. The van der Waals surface area contributed by atoms with Crippen LogP contribution in [0.25, 0.3) is 0 Å². The van der Waals surface area contributed by atoms with Crippen molar-refractivity contribution in [1.29, 1.82) is 0 Å². The minimum Gasteiger partial charge on any atom is -0.299 e. The monoisotopic (exact) mass is 279 g/mol. The molecule has 20 heavy (non-hydrogen) atoms. The SMILES string of the molecule is Cc1c(C(C)CCC(=O)NC=O)ccc(C(C)C)c1F. The second kappa shape index (κ2) is 7.17. The molecule has 1 N–H and O–H groups in total. The number of hydrogen-bond donors (Lipinski definition) is 1. The molecule has 1 unspecified atom stereocenters. The first-order valence-corrected chi connectivity index (χ1v) is 6.90. The predicted octanol–water partition coefficient (Wildman–Crippen LogP) is 3.41. The lowest BCUT2D eigenvalue weighted by Gasteiger charge is -2.18. The highest BCUT2D eigenvalue weighted by Gasteiger charge is 2.16. The van der Waals surface area contributed by atoms with E-state index in [0.717, 1.165) is 11.1 Å². The lowest BCUT2D eigenvalue weighted by atomic mass is 9.89. The summed E-state index contributed by atoms with van der Waals surface area (Å²) in [6.07, 6.45) is 1.23. The maximum Gasteiger partial charge on any atom is 0.226 e. The molecular formula is C16H22FNO2. The van der Waals surface area contributed by atoms with Gasteiger partial charge < -0.3 is 0 Å². The summed E-state index contributed by atoms with van der Waals surface area (Å²) in [6, 6.07) is 3.76. The van der Waals surface area contributed by atoms with Crippen LogP contribution in [0, 0.1) is 12.7 Å². The van der Waals surface area contributed by atoms with Crippen LogP contribution in [0.4, 0.5) is 4.39 Å². The van der Waals surface area contributed by atoms with Gasteiger partial charge >= 0.3 is 0 Å². The number of benzene rings is 1. The molecule has 4 heteroatoms. The van der Waals surface area contributed by atoms with Crippen molar-refractivity contribution in [3.63, 3.8) is 0 Å². The smallest absolute Gasteiger partial charge is 0.226 e. The summed E-state index contributed by atoms with van der Waals surface area (Å²) in [5.41, 5.74) is 2.29. The summed E-state index contributed by atoms with van der Waals surface area (Å²) in [6.45, 7) is 7.67. The molecular weight excluding hydrogens is 257 g/mol. The third kappa shape index (κ3) is 3.89. The molecule has 0 heterocycles. The van der Waals surface area contributed by atoms with Gasteiger partial charge in [0.05, 0.1) is 0 Å². The second-order valence-corrected chi connectivity index (χ2v) is 5.46. The standard InChI is InChI=1S/C16H22FNO2/c1-10(2)13-6-7-14(12(4)16(13)17)11(3)5-8-15(20)18-9-19/h6-7,9-11H,5,8H2,1-4H3,(H,18,19,20).